The summed E-state index contributed by atoms with van der Waals surface area (Å²) in [7, 11) is -3.18. The zero-order chi connectivity index (χ0) is 12.6. The van der Waals surface area contributed by atoms with E-state index in [1.54, 1.807) is 6.07 Å². The van der Waals surface area contributed by atoms with E-state index < -0.39 is 10.0 Å². The van der Waals surface area contributed by atoms with E-state index in [1.165, 1.54) is 4.31 Å². The van der Waals surface area contributed by atoms with Crippen LogP contribution in [0.3, 0.4) is 0 Å². The molecule has 17 heavy (non-hydrogen) atoms. The minimum atomic E-state index is -3.18. The molecule has 0 bridgehead atoms. The van der Waals surface area contributed by atoms with Crippen molar-refractivity contribution >= 4 is 43.2 Å². The highest BCUT2D eigenvalue weighted by molar-refractivity contribution is 9.10. The Hall–Kier alpha value is -0.260. The molecule has 0 saturated carbocycles. The van der Waals surface area contributed by atoms with Gasteiger partial charge in [0.05, 0.1) is 11.4 Å². The molecule has 3 nitrogen and oxygen atoms in total. The van der Waals surface area contributed by atoms with Gasteiger partial charge in [-0.25, -0.2) is 8.42 Å². The van der Waals surface area contributed by atoms with Crippen molar-refractivity contribution in [2.24, 2.45) is 0 Å². The summed E-state index contributed by atoms with van der Waals surface area (Å²) >= 11 is 9.46. The van der Waals surface area contributed by atoms with Gasteiger partial charge in [-0.1, -0.05) is 11.6 Å². The summed E-state index contributed by atoms with van der Waals surface area (Å²) in [4.78, 5) is 0. The highest BCUT2D eigenvalue weighted by atomic mass is 79.9. The van der Waals surface area contributed by atoms with Crippen LogP contribution < -0.4 is 4.31 Å². The highest BCUT2D eigenvalue weighted by Gasteiger charge is 2.27. The maximum atomic E-state index is 12.0. The SMILES string of the molecule is Cc1cc(Br)c(N2CCCCS2(=O)=O)cc1Cl. The molecule has 0 unspecified atom stereocenters. The Morgan fingerprint density at radius 3 is 2.71 bits per heavy atom. The van der Waals surface area contributed by atoms with Crippen molar-refractivity contribution in [3.05, 3.63) is 27.2 Å². The van der Waals surface area contributed by atoms with Gasteiger partial charge in [0.2, 0.25) is 10.0 Å². The van der Waals surface area contributed by atoms with Crippen LogP contribution in [0.2, 0.25) is 5.02 Å². The van der Waals surface area contributed by atoms with Crippen molar-refractivity contribution in [1.29, 1.82) is 0 Å². The second-order valence-electron chi connectivity index (χ2n) is 4.15. The van der Waals surface area contributed by atoms with E-state index in [0.29, 0.717) is 17.3 Å². The van der Waals surface area contributed by atoms with Gasteiger partial charge in [-0.05, 0) is 53.4 Å². The minimum Gasteiger partial charge on any atom is -0.269 e. The molecule has 0 N–H and O–H groups in total. The molecule has 0 spiro atoms. The van der Waals surface area contributed by atoms with Gasteiger partial charge in [0.1, 0.15) is 0 Å². The van der Waals surface area contributed by atoms with Gasteiger partial charge in [-0.15, -0.1) is 0 Å². The minimum absolute atomic E-state index is 0.213. The van der Waals surface area contributed by atoms with E-state index in [4.69, 9.17) is 11.6 Å². The monoisotopic (exact) mass is 337 g/mol. The van der Waals surface area contributed by atoms with Gasteiger partial charge >= 0.3 is 0 Å². The van der Waals surface area contributed by atoms with Crippen LogP contribution >= 0.6 is 27.5 Å². The van der Waals surface area contributed by atoms with Gasteiger partial charge in [-0.3, -0.25) is 4.31 Å². The first kappa shape index (κ1) is 13.2. The molecular formula is C11H13BrClNO2S. The quantitative estimate of drug-likeness (QED) is 0.787. The van der Waals surface area contributed by atoms with Crippen molar-refractivity contribution in [3.63, 3.8) is 0 Å². The number of sulfonamides is 1. The normalized spacial score (nSPS) is 19.4. The van der Waals surface area contributed by atoms with E-state index in [-0.39, 0.29) is 5.75 Å². The van der Waals surface area contributed by atoms with Crippen LogP contribution in [0.25, 0.3) is 0 Å². The Kier molecular flexibility index (Phi) is 3.71. The molecular weight excluding hydrogens is 326 g/mol. The highest BCUT2D eigenvalue weighted by Crippen LogP contribution is 2.34. The lowest BCUT2D eigenvalue weighted by Crippen LogP contribution is -2.38. The summed E-state index contributed by atoms with van der Waals surface area (Å²) in [6.45, 7) is 2.42. The first-order valence-electron chi connectivity index (χ1n) is 5.38. The Morgan fingerprint density at radius 2 is 2.06 bits per heavy atom. The van der Waals surface area contributed by atoms with Gasteiger partial charge in [-0.2, -0.15) is 0 Å². The smallest absolute Gasteiger partial charge is 0.235 e. The largest absolute Gasteiger partial charge is 0.269 e. The summed E-state index contributed by atoms with van der Waals surface area (Å²) in [5, 5.41) is 0.587. The van der Waals surface area contributed by atoms with Crippen LogP contribution in [0.1, 0.15) is 18.4 Å². The lowest BCUT2D eigenvalue weighted by molar-refractivity contribution is 0.574. The van der Waals surface area contributed by atoms with Crippen LogP contribution in [0.15, 0.2) is 16.6 Å². The number of anilines is 1. The molecule has 1 heterocycles. The van der Waals surface area contributed by atoms with Crippen molar-refractivity contribution < 1.29 is 8.42 Å². The molecule has 1 saturated heterocycles. The Bertz CT molecular complexity index is 545. The molecule has 0 amide bonds. The molecule has 1 aromatic rings. The van der Waals surface area contributed by atoms with Crippen LogP contribution in [-0.4, -0.2) is 20.7 Å². The third kappa shape index (κ3) is 2.61. The summed E-state index contributed by atoms with van der Waals surface area (Å²) in [5.74, 6) is 0.213. The maximum absolute atomic E-state index is 12.0. The molecule has 94 valence electrons. The molecule has 2 rings (SSSR count). The Morgan fingerprint density at radius 1 is 1.35 bits per heavy atom. The summed E-state index contributed by atoms with van der Waals surface area (Å²) in [6, 6.07) is 3.56. The number of nitrogens with zero attached hydrogens (tertiary/aromatic N) is 1. The Labute approximate surface area is 115 Å². The predicted molar refractivity (Wildman–Crippen MR) is 74.3 cm³/mol. The van der Waals surface area contributed by atoms with Gasteiger partial charge in [0.25, 0.3) is 0 Å². The Balaban J connectivity index is 2.50. The fourth-order valence-electron chi connectivity index (χ4n) is 1.89. The molecule has 1 fully saturated rings. The number of rotatable bonds is 1. The molecule has 1 aliphatic rings. The number of hydrogen-bond acceptors (Lipinski definition) is 2. The van der Waals surface area contributed by atoms with Crippen LogP contribution in [0, 0.1) is 6.92 Å². The lowest BCUT2D eigenvalue weighted by Gasteiger charge is -2.29. The van der Waals surface area contributed by atoms with Crippen molar-refractivity contribution in [1.82, 2.24) is 0 Å². The zero-order valence-electron chi connectivity index (χ0n) is 9.41. The molecule has 0 atom stereocenters. The second kappa shape index (κ2) is 4.78. The molecule has 1 aromatic carbocycles. The maximum Gasteiger partial charge on any atom is 0.235 e. The van der Waals surface area contributed by atoms with E-state index in [0.717, 1.165) is 22.9 Å². The predicted octanol–water partition coefficient (Wildman–Crippen LogP) is 3.34. The number of hydrogen-bond donors (Lipinski definition) is 0. The second-order valence-corrected chi connectivity index (χ2v) is 7.42. The fraction of sp³-hybridized carbons (Fsp3) is 0.455. The van der Waals surface area contributed by atoms with Gasteiger partial charge in [0.15, 0.2) is 0 Å². The van der Waals surface area contributed by atoms with Crippen molar-refractivity contribution in [3.8, 4) is 0 Å². The summed E-state index contributed by atoms with van der Waals surface area (Å²) in [6.07, 6.45) is 1.62. The van der Waals surface area contributed by atoms with Crippen LogP contribution in [0.5, 0.6) is 0 Å². The third-order valence-electron chi connectivity index (χ3n) is 2.85. The first-order chi connectivity index (χ1) is 7.92. The van der Waals surface area contributed by atoms with Crippen LogP contribution in [-0.2, 0) is 10.0 Å². The van der Waals surface area contributed by atoms with E-state index >= 15 is 0 Å². The third-order valence-corrected chi connectivity index (χ3v) is 5.74. The molecule has 6 heteroatoms. The van der Waals surface area contributed by atoms with Crippen molar-refractivity contribution in [2.45, 2.75) is 19.8 Å². The number of benzene rings is 1. The fourth-order valence-corrected chi connectivity index (χ4v) is 4.48. The molecule has 0 radical (unpaired) electrons. The first-order valence-corrected chi connectivity index (χ1v) is 8.16. The van der Waals surface area contributed by atoms with Crippen LogP contribution in [0.4, 0.5) is 5.69 Å². The average molecular weight is 339 g/mol. The van der Waals surface area contributed by atoms with Gasteiger partial charge in [0, 0.05) is 16.0 Å². The molecule has 1 aliphatic heterocycles. The van der Waals surface area contributed by atoms with E-state index in [9.17, 15) is 8.42 Å². The standard InChI is InChI=1S/C11H13BrClNO2S/c1-8-6-9(12)11(7-10(8)13)14-4-2-3-5-17(14,15)16/h6-7H,2-5H2,1H3. The number of halogens is 2. The topological polar surface area (TPSA) is 37.4 Å². The zero-order valence-corrected chi connectivity index (χ0v) is 12.6. The lowest BCUT2D eigenvalue weighted by atomic mass is 10.2. The average Bonchev–Trinajstić information content (AvgIpc) is 2.23. The van der Waals surface area contributed by atoms with Crippen molar-refractivity contribution in [2.75, 3.05) is 16.6 Å². The van der Waals surface area contributed by atoms with Gasteiger partial charge < -0.3 is 0 Å². The summed E-state index contributed by atoms with van der Waals surface area (Å²) in [5.41, 5.74) is 1.57. The molecule has 0 aliphatic carbocycles. The number of aryl methyl sites for hydroxylation is 1. The molecule has 0 aromatic heterocycles. The summed E-state index contributed by atoms with van der Waals surface area (Å²) < 4.78 is 26.2. The van der Waals surface area contributed by atoms with E-state index in [1.807, 2.05) is 13.0 Å². The van der Waals surface area contributed by atoms with E-state index in [2.05, 4.69) is 15.9 Å².